The minimum atomic E-state index is -4.43. The first-order valence-electron chi connectivity index (χ1n) is 15.8. The Hall–Kier alpha value is -2.91. The number of hydrogen-bond acceptors (Lipinski definition) is 5. The highest BCUT2D eigenvalue weighted by atomic mass is 19.4. The van der Waals surface area contributed by atoms with Gasteiger partial charge in [0.2, 0.25) is 5.91 Å². The second-order valence-electron chi connectivity index (χ2n) is 12.9. The number of carbonyl (C=O) groups is 1. The van der Waals surface area contributed by atoms with Gasteiger partial charge in [0.05, 0.1) is 11.4 Å². The zero-order valence-electron chi connectivity index (χ0n) is 25.0. The van der Waals surface area contributed by atoms with Gasteiger partial charge < -0.3 is 15.0 Å². The number of halogens is 3. The van der Waals surface area contributed by atoms with Gasteiger partial charge in [0.25, 0.3) is 0 Å². The van der Waals surface area contributed by atoms with E-state index in [0.717, 1.165) is 56.0 Å². The van der Waals surface area contributed by atoms with Crippen LogP contribution in [-0.4, -0.2) is 78.6 Å². The molecule has 2 saturated carbocycles. The molecule has 2 aliphatic heterocycles. The number of carbonyl (C=O) groups excluding carboxylic acids is 1. The van der Waals surface area contributed by atoms with Gasteiger partial charge >= 0.3 is 6.18 Å². The zero-order chi connectivity index (χ0) is 30.1. The minimum absolute atomic E-state index is 0.0561. The highest BCUT2D eigenvalue weighted by Crippen LogP contribution is 2.65. The topological polar surface area (TPSA) is 56.9 Å². The summed E-state index contributed by atoms with van der Waals surface area (Å²) in [6.45, 7) is 2.14. The number of aliphatic imine (C=N–C) groups is 1. The van der Waals surface area contributed by atoms with E-state index in [4.69, 9.17) is 0 Å². The SMILES string of the molecule is CC=NC1=CCC=CC=C1N[C@@H]1C[C@@H]2CCC23[C@H](C1)N3CCC1(c2ccccc2)CCN(C(=O)COCC(F)(F)F)CC1. The van der Waals surface area contributed by atoms with Crippen molar-refractivity contribution in [2.45, 2.75) is 87.5 Å². The molecule has 43 heavy (non-hydrogen) atoms. The monoisotopic (exact) mass is 596 g/mol. The first-order valence-corrected chi connectivity index (χ1v) is 15.8. The molecule has 0 aromatic heterocycles. The number of rotatable bonds is 10. The molecule has 0 radical (unpaired) electrons. The smallest absolute Gasteiger partial charge is 0.381 e. The van der Waals surface area contributed by atoms with Crippen molar-refractivity contribution in [1.29, 1.82) is 0 Å². The number of amides is 1. The fourth-order valence-corrected chi connectivity index (χ4v) is 8.34. The minimum Gasteiger partial charge on any atom is -0.381 e. The third-order valence-electron chi connectivity index (χ3n) is 10.6. The zero-order valence-corrected chi connectivity index (χ0v) is 25.0. The van der Waals surface area contributed by atoms with E-state index in [1.165, 1.54) is 24.8 Å². The highest BCUT2D eigenvalue weighted by Gasteiger charge is 2.72. The Kier molecular flexibility index (Phi) is 8.57. The van der Waals surface area contributed by atoms with Crippen LogP contribution in [0.5, 0.6) is 0 Å². The molecule has 1 amide bonds. The quantitative estimate of drug-likeness (QED) is 0.269. The molecule has 2 saturated heterocycles. The highest BCUT2D eigenvalue weighted by molar-refractivity contribution is 5.77. The van der Waals surface area contributed by atoms with Crippen molar-refractivity contribution in [2.24, 2.45) is 10.9 Å². The standard InChI is InChI=1S/C34H43F3N4O2/c1-2-38-28-11-7-4-8-12-29(28)39-27-21-26-13-14-33(26)30(22-27)41(33)20-17-32(25-9-5-3-6-10-25)15-18-40(19-16-32)31(42)23-43-24-34(35,36)37/h2-6,8-12,26-27,30,39H,7,13-24H2,1H3/t26-,27+,30-,33?,41?/m0/s1. The van der Waals surface area contributed by atoms with Gasteiger partial charge in [-0.25, -0.2) is 0 Å². The number of hydrogen-bond donors (Lipinski definition) is 1. The third kappa shape index (κ3) is 6.21. The first kappa shape index (κ1) is 30.1. The Balaban J connectivity index is 1.09. The number of allylic oxidation sites excluding steroid dienone is 4. The maximum absolute atomic E-state index is 12.6. The Bertz CT molecular complexity index is 1280. The van der Waals surface area contributed by atoms with E-state index in [2.05, 4.69) is 68.5 Å². The molecule has 4 fully saturated rings. The molecule has 1 aromatic rings. The molecule has 2 heterocycles. The normalized spacial score (nSPS) is 31.3. The van der Waals surface area contributed by atoms with E-state index < -0.39 is 19.4 Å². The summed E-state index contributed by atoms with van der Waals surface area (Å²) in [7, 11) is 0. The van der Waals surface area contributed by atoms with E-state index in [0.29, 0.717) is 30.7 Å². The van der Waals surface area contributed by atoms with E-state index in [1.54, 1.807) is 4.90 Å². The number of piperidine rings is 1. The molecule has 1 N–H and O–H groups in total. The van der Waals surface area contributed by atoms with Crippen LogP contribution in [0.1, 0.15) is 63.9 Å². The second kappa shape index (κ2) is 12.2. The Labute approximate surface area is 252 Å². The molecule has 2 unspecified atom stereocenters. The summed E-state index contributed by atoms with van der Waals surface area (Å²) in [4.78, 5) is 21.7. The Morgan fingerprint density at radius 3 is 2.65 bits per heavy atom. The number of nitrogens with one attached hydrogen (secondary N) is 1. The van der Waals surface area contributed by atoms with Crippen LogP contribution in [0.2, 0.25) is 0 Å². The average Bonchev–Trinajstić information content (AvgIpc) is 3.70. The van der Waals surface area contributed by atoms with Crippen LogP contribution < -0.4 is 5.32 Å². The van der Waals surface area contributed by atoms with Crippen molar-refractivity contribution < 1.29 is 22.7 Å². The lowest BCUT2D eigenvalue weighted by molar-refractivity contribution is -0.178. The van der Waals surface area contributed by atoms with Crippen molar-refractivity contribution in [1.82, 2.24) is 15.1 Å². The van der Waals surface area contributed by atoms with Gasteiger partial charge in [-0.15, -0.1) is 0 Å². The molecule has 5 aliphatic rings. The van der Waals surface area contributed by atoms with Gasteiger partial charge in [-0.1, -0.05) is 48.6 Å². The molecule has 6 nitrogen and oxygen atoms in total. The van der Waals surface area contributed by atoms with Crippen LogP contribution in [0, 0.1) is 5.92 Å². The van der Waals surface area contributed by atoms with Gasteiger partial charge in [0, 0.05) is 36.9 Å². The van der Waals surface area contributed by atoms with Crippen LogP contribution >= 0.6 is 0 Å². The lowest BCUT2D eigenvalue weighted by Crippen LogP contribution is -2.49. The Morgan fingerprint density at radius 2 is 1.95 bits per heavy atom. The van der Waals surface area contributed by atoms with Crippen LogP contribution in [0.4, 0.5) is 13.2 Å². The maximum atomic E-state index is 12.6. The second-order valence-corrected chi connectivity index (χ2v) is 12.9. The summed E-state index contributed by atoms with van der Waals surface area (Å²) in [5, 5.41) is 3.86. The number of alkyl halides is 3. The fourth-order valence-electron chi connectivity index (χ4n) is 8.34. The van der Waals surface area contributed by atoms with Crippen molar-refractivity contribution in [3.05, 3.63) is 71.6 Å². The molecular weight excluding hydrogens is 553 g/mol. The molecule has 0 bridgehead atoms. The van der Waals surface area contributed by atoms with Crippen LogP contribution in [0.15, 0.2) is 71.0 Å². The van der Waals surface area contributed by atoms with Crippen molar-refractivity contribution >= 4 is 12.1 Å². The summed E-state index contributed by atoms with van der Waals surface area (Å²) in [6, 6.07) is 11.6. The summed E-state index contributed by atoms with van der Waals surface area (Å²) >= 11 is 0. The van der Waals surface area contributed by atoms with E-state index in [1.807, 2.05) is 19.2 Å². The number of benzene rings is 1. The summed E-state index contributed by atoms with van der Waals surface area (Å²) in [6.07, 6.45) is 14.4. The predicted molar refractivity (Wildman–Crippen MR) is 162 cm³/mol. The predicted octanol–water partition coefficient (Wildman–Crippen LogP) is 5.92. The van der Waals surface area contributed by atoms with E-state index in [9.17, 15) is 18.0 Å². The fraction of sp³-hybridized carbons (Fsp3) is 0.588. The van der Waals surface area contributed by atoms with Crippen LogP contribution in [0.25, 0.3) is 0 Å². The molecule has 232 valence electrons. The lowest BCUT2D eigenvalue weighted by Gasteiger charge is -2.45. The van der Waals surface area contributed by atoms with E-state index >= 15 is 0 Å². The molecule has 3 aliphatic carbocycles. The number of likely N-dealkylation sites (tertiary alicyclic amines) is 2. The van der Waals surface area contributed by atoms with Gasteiger partial charge in [-0.2, -0.15) is 13.2 Å². The molecule has 5 atom stereocenters. The first-order chi connectivity index (χ1) is 20.7. The van der Waals surface area contributed by atoms with Crippen LogP contribution in [-0.2, 0) is 14.9 Å². The van der Waals surface area contributed by atoms with Gasteiger partial charge in [-0.05, 0) is 87.8 Å². The van der Waals surface area contributed by atoms with Gasteiger partial charge in [0.1, 0.15) is 13.2 Å². The van der Waals surface area contributed by atoms with Crippen molar-refractivity contribution in [3.63, 3.8) is 0 Å². The molecular formula is C34H43F3N4O2. The summed E-state index contributed by atoms with van der Waals surface area (Å²) < 4.78 is 42.1. The molecule has 1 aromatic carbocycles. The van der Waals surface area contributed by atoms with Gasteiger partial charge in [-0.3, -0.25) is 14.7 Å². The van der Waals surface area contributed by atoms with Crippen LogP contribution in [0.3, 0.4) is 0 Å². The van der Waals surface area contributed by atoms with E-state index in [-0.39, 0.29) is 11.3 Å². The summed E-state index contributed by atoms with van der Waals surface area (Å²) in [5.41, 5.74) is 3.74. The van der Waals surface area contributed by atoms with Gasteiger partial charge in [0.15, 0.2) is 0 Å². The number of ether oxygens (including phenoxy) is 1. The Morgan fingerprint density at radius 1 is 1.16 bits per heavy atom. The average molecular weight is 597 g/mol. The van der Waals surface area contributed by atoms with Crippen molar-refractivity contribution in [3.8, 4) is 0 Å². The number of nitrogens with zero attached hydrogens (tertiary/aromatic N) is 3. The maximum Gasteiger partial charge on any atom is 0.411 e. The molecule has 1 spiro atoms. The summed E-state index contributed by atoms with van der Waals surface area (Å²) in [5.74, 6) is 0.358. The molecule has 9 heteroatoms. The molecule has 6 rings (SSSR count). The third-order valence-corrected chi connectivity index (χ3v) is 10.6. The lowest BCUT2D eigenvalue weighted by atomic mass is 9.63. The largest absolute Gasteiger partial charge is 0.411 e. The van der Waals surface area contributed by atoms with Crippen molar-refractivity contribution in [2.75, 3.05) is 32.8 Å².